The summed E-state index contributed by atoms with van der Waals surface area (Å²) in [6, 6.07) is 20.7. The number of hydrogen-bond acceptors (Lipinski definition) is 6. The zero-order valence-electron chi connectivity index (χ0n) is 26.3. The molecule has 5 rings (SSSR count). The summed E-state index contributed by atoms with van der Waals surface area (Å²) in [6.45, 7) is 8.58. The Bertz CT molecular complexity index is 1780. The topological polar surface area (TPSA) is 108 Å². The fraction of sp³-hybridized carbons (Fsp3) is 0.324. The maximum Gasteiger partial charge on any atom is 0.573 e. The maximum atomic E-state index is 13.0. The van der Waals surface area contributed by atoms with Crippen LogP contribution in [0.5, 0.6) is 5.75 Å². The molecule has 13 heteroatoms. The Morgan fingerprint density at radius 1 is 1.15 bits per heavy atom. The van der Waals surface area contributed by atoms with E-state index in [0.717, 1.165) is 23.4 Å². The Kier molecular flexibility index (Phi) is 10.2. The molecule has 2 atom stereocenters. The second kappa shape index (κ2) is 14.3. The van der Waals surface area contributed by atoms with Gasteiger partial charge in [0, 0.05) is 29.6 Å². The van der Waals surface area contributed by atoms with E-state index < -0.39 is 18.3 Å². The van der Waals surface area contributed by atoms with Gasteiger partial charge in [-0.15, -0.1) is 18.3 Å². The summed E-state index contributed by atoms with van der Waals surface area (Å²) >= 11 is 1.55. The lowest BCUT2D eigenvalue weighted by Crippen LogP contribution is -2.43. The largest absolute Gasteiger partial charge is 0.573 e. The molecule has 47 heavy (non-hydrogen) atoms. The van der Waals surface area contributed by atoms with Crippen LogP contribution in [0.1, 0.15) is 55.7 Å². The second-order valence-electron chi connectivity index (χ2n) is 11.5. The SMILES string of the molecule is Cc1ccc(C(C)C)c(N2C(=NC(=O)NCC(C#N)c3ccc(-c4ncn(-c5ccc(OC(F)(F)F)cc5)n4)cc3)SCCC2C)c1. The molecule has 1 saturated heterocycles. The molecule has 1 aliphatic heterocycles. The van der Waals surface area contributed by atoms with Crippen molar-refractivity contribution < 1.29 is 22.7 Å². The first-order valence-electron chi connectivity index (χ1n) is 15.1. The van der Waals surface area contributed by atoms with Gasteiger partial charge >= 0.3 is 12.4 Å². The van der Waals surface area contributed by atoms with Crippen molar-refractivity contribution in [3.05, 3.63) is 89.7 Å². The van der Waals surface area contributed by atoms with Crippen LogP contribution in [0, 0.1) is 18.3 Å². The molecule has 1 aromatic heterocycles. The van der Waals surface area contributed by atoms with E-state index in [2.05, 4.69) is 82.0 Å². The number of hydrogen-bond donors (Lipinski definition) is 1. The third-order valence-electron chi connectivity index (χ3n) is 7.69. The number of halogens is 3. The van der Waals surface area contributed by atoms with Crippen LogP contribution in [-0.2, 0) is 0 Å². The number of benzene rings is 3. The average molecular weight is 662 g/mol. The summed E-state index contributed by atoms with van der Waals surface area (Å²) in [5.74, 6) is 0.601. The van der Waals surface area contributed by atoms with Gasteiger partial charge in [0.05, 0.1) is 17.7 Å². The number of nitriles is 1. The number of carbonyl (C=O) groups excluding carboxylic acids is 1. The summed E-state index contributed by atoms with van der Waals surface area (Å²) in [7, 11) is 0. The number of nitrogens with zero attached hydrogens (tertiary/aromatic N) is 6. The van der Waals surface area contributed by atoms with Crippen LogP contribution in [0.15, 0.2) is 78.0 Å². The standard InChI is InChI=1S/C34H34F3N7O2S/c1-21(2)29-14-5-22(3)17-30(29)44-23(4)15-16-47-33(44)41-32(45)39-19-26(18-38)24-6-8-25(9-7-24)31-40-20-43(42-31)27-10-12-28(13-11-27)46-34(35,36)37/h5-14,17,20-21,23,26H,15-16,19H2,1-4H3,(H,39,45). The Morgan fingerprint density at radius 3 is 2.53 bits per heavy atom. The number of ether oxygens (including phenoxy) is 1. The van der Waals surface area contributed by atoms with E-state index in [1.807, 2.05) is 0 Å². The lowest BCUT2D eigenvalue weighted by Gasteiger charge is -2.37. The number of urea groups is 1. The second-order valence-corrected chi connectivity index (χ2v) is 12.6. The molecule has 0 radical (unpaired) electrons. The number of anilines is 1. The first-order chi connectivity index (χ1) is 22.4. The zero-order chi connectivity index (χ0) is 33.7. The Hall–Kier alpha value is -4.83. The highest BCUT2D eigenvalue weighted by Gasteiger charge is 2.31. The molecule has 3 aromatic carbocycles. The first-order valence-corrected chi connectivity index (χ1v) is 16.1. The van der Waals surface area contributed by atoms with Gasteiger partial charge in [-0.3, -0.25) is 0 Å². The molecule has 0 aliphatic carbocycles. The van der Waals surface area contributed by atoms with E-state index in [0.29, 0.717) is 33.7 Å². The average Bonchev–Trinajstić information content (AvgIpc) is 3.52. The van der Waals surface area contributed by atoms with Crippen LogP contribution in [-0.4, -0.2) is 50.7 Å². The molecule has 2 heterocycles. The monoisotopic (exact) mass is 661 g/mol. The fourth-order valence-corrected chi connectivity index (χ4v) is 6.43. The van der Waals surface area contributed by atoms with Crippen LogP contribution >= 0.6 is 11.8 Å². The Balaban J connectivity index is 1.24. The highest BCUT2D eigenvalue weighted by atomic mass is 32.2. The molecule has 0 bridgehead atoms. The van der Waals surface area contributed by atoms with Crippen molar-refractivity contribution in [2.75, 3.05) is 17.2 Å². The number of aryl methyl sites for hydroxylation is 1. The maximum absolute atomic E-state index is 13.0. The number of nitrogens with one attached hydrogen (secondary N) is 1. The number of alkyl halides is 3. The van der Waals surface area contributed by atoms with Crippen LogP contribution in [0.4, 0.5) is 23.7 Å². The summed E-state index contributed by atoms with van der Waals surface area (Å²) in [4.78, 5) is 24.0. The smallest absolute Gasteiger partial charge is 0.406 e. The van der Waals surface area contributed by atoms with E-state index in [1.54, 1.807) is 36.0 Å². The summed E-state index contributed by atoms with van der Waals surface area (Å²) < 4.78 is 42.7. The van der Waals surface area contributed by atoms with Crippen molar-refractivity contribution >= 4 is 28.6 Å². The molecular formula is C34H34F3N7O2S. The van der Waals surface area contributed by atoms with E-state index in [4.69, 9.17) is 0 Å². The van der Waals surface area contributed by atoms with Gasteiger partial charge in [-0.25, -0.2) is 14.5 Å². The normalized spacial score (nSPS) is 16.6. The van der Waals surface area contributed by atoms with Gasteiger partial charge in [-0.05, 0) is 73.2 Å². The van der Waals surface area contributed by atoms with Gasteiger partial charge in [0.15, 0.2) is 11.0 Å². The molecule has 9 nitrogen and oxygen atoms in total. The number of carbonyl (C=O) groups is 1. The lowest BCUT2D eigenvalue weighted by atomic mass is 9.98. The number of aliphatic imine (C=N–C) groups is 1. The Morgan fingerprint density at radius 2 is 1.87 bits per heavy atom. The van der Waals surface area contributed by atoms with E-state index in [9.17, 15) is 23.2 Å². The first kappa shape index (κ1) is 33.5. The van der Waals surface area contributed by atoms with E-state index in [-0.39, 0.29) is 18.3 Å². The molecule has 0 saturated carbocycles. The molecule has 1 aliphatic rings. The van der Waals surface area contributed by atoms with E-state index in [1.165, 1.54) is 40.8 Å². The predicted octanol–water partition coefficient (Wildman–Crippen LogP) is 7.97. The summed E-state index contributed by atoms with van der Waals surface area (Å²) in [5, 5.41) is 17.8. The van der Waals surface area contributed by atoms with Gasteiger partial charge in [0.1, 0.15) is 12.1 Å². The van der Waals surface area contributed by atoms with Gasteiger partial charge in [-0.2, -0.15) is 10.3 Å². The van der Waals surface area contributed by atoms with Gasteiger partial charge in [0.25, 0.3) is 0 Å². The predicted molar refractivity (Wildman–Crippen MR) is 177 cm³/mol. The minimum absolute atomic E-state index is 0.0777. The van der Waals surface area contributed by atoms with Crippen LogP contribution in [0.3, 0.4) is 0 Å². The summed E-state index contributed by atoms with van der Waals surface area (Å²) in [5.41, 5.74) is 5.28. The van der Waals surface area contributed by atoms with Gasteiger partial charge < -0.3 is 15.0 Å². The van der Waals surface area contributed by atoms with Crippen molar-refractivity contribution in [3.63, 3.8) is 0 Å². The van der Waals surface area contributed by atoms with Crippen molar-refractivity contribution in [2.24, 2.45) is 4.99 Å². The van der Waals surface area contributed by atoms with E-state index >= 15 is 0 Å². The highest BCUT2D eigenvalue weighted by Crippen LogP contribution is 2.35. The third kappa shape index (κ3) is 8.31. The fourth-order valence-electron chi connectivity index (χ4n) is 5.22. The van der Waals surface area contributed by atoms with Crippen molar-refractivity contribution in [1.82, 2.24) is 20.1 Å². The van der Waals surface area contributed by atoms with Crippen molar-refractivity contribution in [3.8, 4) is 28.9 Å². The van der Waals surface area contributed by atoms with Crippen molar-refractivity contribution in [1.29, 1.82) is 5.26 Å². The minimum atomic E-state index is -4.77. The third-order valence-corrected chi connectivity index (χ3v) is 8.68. The number of amides is 2. The molecule has 1 N–H and O–H groups in total. The molecule has 1 fully saturated rings. The molecule has 2 amide bonds. The minimum Gasteiger partial charge on any atom is -0.406 e. The van der Waals surface area contributed by atoms with Crippen LogP contribution < -0.4 is 15.0 Å². The quantitative estimate of drug-likeness (QED) is 0.204. The number of aromatic nitrogens is 3. The number of rotatable bonds is 8. The highest BCUT2D eigenvalue weighted by molar-refractivity contribution is 8.14. The zero-order valence-corrected chi connectivity index (χ0v) is 27.1. The van der Waals surface area contributed by atoms with Gasteiger partial charge in [0.2, 0.25) is 0 Å². The number of amidine groups is 1. The molecular weight excluding hydrogens is 627 g/mol. The molecule has 0 spiro atoms. The number of thioether (sulfide) groups is 1. The summed E-state index contributed by atoms with van der Waals surface area (Å²) in [6.07, 6.45) is -2.35. The Labute approximate surface area is 275 Å². The lowest BCUT2D eigenvalue weighted by molar-refractivity contribution is -0.274. The van der Waals surface area contributed by atoms with Crippen LogP contribution in [0.2, 0.25) is 0 Å². The van der Waals surface area contributed by atoms with Crippen LogP contribution in [0.25, 0.3) is 17.1 Å². The molecule has 2 unspecified atom stereocenters. The van der Waals surface area contributed by atoms with Crippen molar-refractivity contribution in [2.45, 2.75) is 58.4 Å². The van der Waals surface area contributed by atoms with Gasteiger partial charge in [-0.1, -0.05) is 62.0 Å². The molecule has 244 valence electrons. The molecule has 4 aromatic rings.